The Bertz CT molecular complexity index is 1030. The van der Waals surface area contributed by atoms with Crippen molar-refractivity contribution in [2.75, 3.05) is 36.3 Å². The summed E-state index contributed by atoms with van der Waals surface area (Å²) in [6.45, 7) is 4.65. The topological polar surface area (TPSA) is 66.9 Å². The molecule has 2 aromatic carbocycles. The van der Waals surface area contributed by atoms with Gasteiger partial charge in [-0.1, -0.05) is 18.2 Å². The Morgan fingerprint density at radius 2 is 1.81 bits per heavy atom. The van der Waals surface area contributed by atoms with Gasteiger partial charge in [-0.2, -0.15) is 0 Å². The van der Waals surface area contributed by atoms with E-state index in [1.165, 1.54) is 9.87 Å². The standard InChI is InChI=1S/C25H32N2O4S/c1-2-31-24-11-9-20(10-12-24)7-8-21-13-16-26(17-14-21)25(28)22-5-3-6-23(19-22)27-15-4-18-32(27,29)30/h3,5-6,9-12,19,21H,2,4,7-8,13-18H2,1H3. The van der Waals surface area contributed by atoms with Gasteiger partial charge in [-0.15, -0.1) is 0 Å². The van der Waals surface area contributed by atoms with Crippen LogP contribution in [0.4, 0.5) is 5.69 Å². The first-order valence-electron chi connectivity index (χ1n) is 11.6. The fourth-order valence-electron chi connectivity index (χ4n) is 4.62. The van der Waals surface area contributed by atoms with Gasteiger partial charge in [0, 0.05) is 25.2 Å². The predicted molar refractivity (Wildman–Crippen MR) is 127 cm³/mol. The Morgan fingerprint density at radius 1 is 1.06 bits per heavy atom. The molecule has 0 aliphatic carbocycles. The van der Waals surface area contributed by atoms with E-state index in [4.69, 9.17) is 4.74 Å². The third kappa shape index (κ3) is 5.26. The molecule has 0 bridgehead atoms. The number of anilines is 1. The number of carbonyl (C=O) groups is 1. The number of aryl methyl sites for hydroxylation is 1. The molecule has 0 N–H and O–H groups in total. The van der Waals surface area contributed by atoms with Crippen LogP contribution in [0, 0.1) is 5.92 Å². The molecule has 0 saturated carbocycles. The van der Waals surface area contributed by atoms with Crippen molar-refractivity contribution in [1.82, 2.24) is 4.90 Å². The van der Waals surface area contributed by atoms with Crippen molar-refractivity contribution in [2.24, 2.45) is 5.92 Å². The predicted octanol–water partition coefficient (Wildman–Crippen LogP) is 4.11. The molecule has 6 nitrogen and oxygen atoms in total. The maximum Gasteiger partial charge on any atom is 0.253 e. The number of nitrogens with zero attached hydrogens (tertiary/aromatic N) is 2. The van der Waals surface area contributed by atoms with E-state index in [0.717, 1.165) is 44.5 Å². The molecule has 32 heavy (non-hydrogen) atoms. The normalized spacial score (nSPS) is 18.7. The highest BCUT2D eigenvalue weighted by Gasteiger charge is 2.29. The van der Waals surface area contributed by atoms with Crippen LogP contribution in [0.2, 0.25) is 0 Å². The zero-order chi connectivity index (χ0) is 22.6. The van der Waals surface area contributed by atoms with Crippen molar-refractivity contribution < 1.29 is 17.9 Å². The van der Waals surface area contributed by atoms with Crippen LogP contribution in [-0.4, -0.2) is 51.2 Å². The van der Waals surface area contributed by atoms with Crippen LogP contribution in [0.15, 0.2) is 48.5 Å². The van der Waals surface area contributed by atoms with Gasteiger partial charge in [0.25, 0.3) is 5.91 Å². The average Bonchev–Trinajstić information content (AvgIpc) is 3.18. The number of likely N-dealkylation sites (tertiary alicyclic amines) is 1. The molecule has 0 spiro atoms. The molecule has 2 heterocycles. The van der Waals surface area contributed by atoms with Gasteiger partial charge < -0.3 is 9.64 Å². The summed E-state index contributed by atoms with van der Waals surface area (Å²) in [6, 6.07) is 15.4. The van der Waals surface area contributed by atoms with E-state index in [1.54, 1.807) is 24.3 Å². The van der Waals surface area contributed by atoms with E-state index in [-0.39, 0.29) is 11.7 Å². The van der Waals surface area contributed by atoms with Crippen molar-refractivity contribution in [3.05, 3.63) is 59.7 Å². The highest BCUT2D eigenvalue weighted by molar-refractivity contribution is 7.93. The van der Waals surface area contributed by atoms with E-state index >= 15 is 0 Å². The number of hydrogen-bond donors (Lipinski definition) is 0. The largest absolute Gasteiger partial charge is 0.494 e. The summed E-state index contributed by atoms with van der Waals surface area (Å²) in [5.41, 5.74) is 2.48. The fraction of sp³-hybridized carbons (Fsp3) is 0.480. The van der Waals surface area contributed by atoms with Crippen LogP contribution in [0.5, 0.6) is 5.75 Å². The summed E-state index contributed by atoms with van der Waals surface area (Å²) in [4.78, 5) is 15.0. The van der Waals surface area contributed by atoms with Crippen molar-refractivity contribution in [3.63, 3.8) is 0 Å². The lowest BCUT2D eigenvalue weighted by Crippen LogP contribution is -2.38. The molecule has 7 heteroatoms. The van der Waals surface area contributed by atoms with Gasteiger partial charge in [0.1, 0.15) is 5.75 Å². The van der Waals surface area contributed by atoms with Crippen LogP contribution in [0.25, 0.3) is 0 Å². The van der Waals surface area contributed by atoms with Crippen molar-refractivity contribution in [3.8, 4) is 5.75 Å². The number of hydrogen-bond acceptors (Lipinski definition) is 4. The summed E-state index contributed by atoms with van der Waals surface area (Å²) < 4.78 is 31.4. The van der Waals surface area contributed by atoms with Crippen molar-refractivity contribution in [1.29, 1.82) is 0 Å². The number of carbonyl (C=O) groups excluding carboxylic acids is 1. The van der Waals surface area contributed by atoms with Crippen LogP contribution >= 0.6 is 0 Å². The van der Waals surface area contributed by atoms with Crippen LogP contribution in [0.1, 0.15) is 48.5 Å². The molecule has 0 aromatic heterocycles. The molecule has 2 saturated heterocycles. The maximum atomic E-state index is 13.0. The molecule has 2 aliphatic rings. The van der Waals surface area contributed by atoms with Crippen LogP contribution in [0.3, 0.4) is 0 Å². The van der Waals surface area contributed by atoms with Gasteiger partial charge in [0.05, 0.1) is 18.0 Å². The Kier molecular flexibility index (Phi) is 7.04. The molecule has 0 radical (unpaired) electrons. The number of piperidine rings is 1. The number of sulfonamides is 1. The third-order valence-corrected chi connectivity index (χ3v) is 8.33. The zero-order valence-corrected chi connectivity index (χ0v) is 19.5. The fourth-order valence-corrected chi connectivity index (χ4v) is 6.18. The first-order chi connectivity index (χ1) is 15.5. The molecule has 0 unspecified atom stereocenters. The molecular weight excluding hydrogens is 424 g/mol. The molecule has 0 atom stereocenters. The summed E-state index contributed by atoms with van der Waals surface area (Å²) in [5.74, 6) is 1.70. The van der Waals surface area contributed by atoms with E-state index in [2.05, 4.69) is 12.1 Å². The minimum Gasteiger partial charge on any atom is -0.494 e. The van der Waals surface area contributed by atoms with Gasteiger partial charge in [0.2, 0.25) is 10.0 Å². The highest BCUT2D eigenvalue weighted by atomic mass is 32.2. The Hall–Kier alpha value is -2.54. The minimum atomic E-state index is -3.25. The lowest BCUT2D eigenvalue weighted by atomic mass is 9.90. The van der Waals surface area contributed by atoms with E-state index < -0.39 is 10.0 Å². The monoisotopic (exact) mass is 456 g/mol. The molecular formula is C25H32N2O4S. The van der Waals surface area contributed by atoms with E-state index in [1.807, 2.05) is 24.0 Å². The van der Waals surface area contributed by atoms with E-state index in [0.29, 0.717) is 36.7 Å². The van der Waals surface area contributed by atoms with E-state index in [9.17, 15) is 13.2 Å². The average molecular weight is 457 g/mol. The maximum absolute atomic E-state index is 13.0. The van der Waals surface area contributed by atoms with Gasteiger partial charge in [0.15, 0.2) is 0 Å². The quantitative estimate of drug-likeness (QED) is 0.629. The van der Waals surface area contributed by atoms with Crippen LogP contribution < -0.4 is 9.04 Å². The molecule has 172 valence electrons. The molecule has 1 amide bonds. The number of rotatable bonds is 7. The first-order valence-corrected chi connectivity index (χ1v) is 13.2. The Balaban J connectivity index is 1.29. The van der Waals surface area contributed by atoms with Gasteiger partial charge in [-0.25, -0.2) is 8.42 Å². The lowest BCUT2D eigenvalue weighted by molar-refractivity contribution is 0.0687. The summed E-state index contributed by atoms with van der Waals surface area (Å²) in [7, 11) is -3.25. The Labute approximate surface area is 191 Å². The Morgan fingerprint density at radius 3 is 2.47 bits per heavy atom. The second-order valence-electron chi connectivity index (χ2n) is 8.64. The molecule has 2 aromatic rings. The minimum absolute atomic E-state index is 0.00610. The first kappa shape index (κ1) is 22.6. The summed E-state index contributed by atoms with van der Waals surface area (Å²) in [5, 5.41) is 0. The van der Waals surface area contributed by atoms with Gasteiger partial charge >= 0.3 is 0 Å². The van der Waals surface area contributed by atoms with Crippen LogP contribution in [-0.2, 0) is 16.4 Å². The van der Waals surface area contributed by atoms with Gasteiger partial charge in [-0.05, 0) is 80.8 Å². The van der Waals surface area contributed by atoms with Gasteiger partial charge in [-0.3, -0.25) is 9.10 Å². The second-order valence-corrected chi connectivity index (χ2v) is 10.7. The van der Waals surface area contributed by atoms with Crippen molar-refractivity contribution >= 4 is 21.6 Å². The number of amides is 1. The molecule has 2 fully saturated rings. The zero-order valence-electron chi connectivity index (χ0n) is 18.7. The van der Waals surface area contributed by atoms with Crippen molar-refractivity contribution in [2.45, 2.75) is 39.0 Å². The molecule has 2 aliphatic heterocycles. The summed E-state index contributed by atoms with van der Waals surface area (Å²) in [6.07, 6.45) is 4.80. The summed E-state index contributed by atoms with van der Waals surface area (Å²) >= 11 is 0. The smallest absolute Gasteiger partial charge is 0.253 e. The lowest BCUT2D eigenvalue weighted by Gasteiger charge is -2.32. The molecule has 4 rings (SSSR count). The third-order valence-electron chi connectivity index (χ3n) is 6.46. The number of ether oxygens (including phenoxy) is 1. The highest BCUT2D eigenvalue weighted by Crippen LogP contribution is 2.27. The second kappa shape index (κ2) is 9.94. The number of benzene rings is 2. The SMILES string of the molecule is CCOc1ccc(CCC2CCN(C(=O)c3cccc(N4CCCS4(=O)=O)c3)CC2)cc1.